The van der Waals surface area contributed by atoms with E-state index in [0.29, 0.717) is 0 Å². The molecule has 0 unspecified atom stereocenters. The zero-order valence-corrected chi connectivity index (χ0v) is 17.3. The van der Waals surface area contributed by atoms with E-state index >= 15 is 0 Å². The van der Waals surface area contributed by atoms with Crippen molar-refractivity contribution >= 4 is 17.3 Å². The molecule has 2 N–H and O–H groups in total. The van der Waals surface area contributed by atoms with Crippen molar-refractivity contribution in [2.24, 2.45) is 4.99 Å². The second-order valence-electron chi connectivity index (χ2n) is 6.99. The lowest BCUT2D eigenvalue weighted by Gasteiger charge is -2.15. The van der Waals surface area contributed by atoms with E-state index in [1.54, 1.807) is 11.3 Å². The van der Waals surface area contributed by atoms with E-state index in [1.165, 1.54) is 42.1 Å². The van der Waals surface area contributed by atoms with Gasteiger partial charge in [-0.05, 0) is 43.5 Å². The molecule has 0 bridgehead atoms. The van der Waals surface area contributed by atoms with Gasteiger partial charge in [0.1, 0.15) is 0 Å². The number of aromatic nitrogens is 1. The molecule has 1 aliphatic heterocycles. The number of hydrogen-bond donors (Lipinski definition) is 2. The Kier molecular flexibility index (Phi) is 7.66. The van der Waals surface area contributed by atoms with Crippen molar-refractivity contribution in [2.75, 3.05) is 26.7 Å². The number of nitrogens with zero attached hydrogens (tertiary/aromatic N) is 3. The molecular weight excluding hydrogens is 354 g/mol. The van der Waals surface area contributed by atoms with Crippen LogP contribution in [0.4, 0.5) is 0 Å². The van der Waals surface area contributed by atoms with E-state index in [-0.39, 0.29) is 0 Å². The van der Waals surface area contributed by atoms with Crippen LogP contribution in [0.5, 0.6) is 0 Å². The molecular formula is C21H31N5S. The first kappa shape index (κ1) is 19.8. The first-order chi connectivity index (χ1) is 13.3. The van der Waals surface area contributed by atoms with Crippen molar-refractivity contribution in [1.29, 1.82) is 0 Å². The Balaban J connectivity index is 1.39. The lowest BCUT2D eigenvalue weighted by Crippen LogP contribution is -2.37. The summed E-state index contributed by atoms with van der Waals surface area (Å²) in [6.07, 6.45) is 4.62. The Hall–Kier alpha value is -1.92. The minimum Gasteiger partial charge on any atom is -0.356 e. The van der Waals surface area contributed by atoms with E-state index in [2.05, 4.69) is 62.1 Å². The molecule has 1 saturated heterocycles. The number of aliphatic imine (C=N–C) groups is 1. The molecule has 5 nitrogen and oxygen atoms in total. The maximum absolute atomic E-state index is 4.60. The molecule has 1 aromatic heterocycles. The number of rotatable bonds is 8. The van der Waals surface area contributed by atoms with Gasteiger partial charge in [-0.15, -0.1) is 11.3 Å². The summed E-state index contributed by atoms with van der Waals surface area (Å²) < 4.78 is 0. The topological polar surface area (TPSA) is 52.6 Å². The van der Waals surface area contributed by atoms with Crippen LogP contribution >= 0.6 is 11.3 Å². The van der Waals surface area contributed by atoms with Gasteiger partial charge >= 0.3 is 0 Å². The molecule has 0 radical (unpaired) electrons. The fourth-order valence-corrected chi connectivity index (χ4v) is 4.08. The molecule has 6 heteroatoms. The molecule has 0 aliphatic carbocycles. The number of nitrogens with one attached hydrogen (secondary N) is 2. The second kappa shape index (κ2) is 10.4. The van der Waals surface area contributed by atoms with Crippen LogP contribution in [0.3, 0.4) is 0 Å². The Bertz CT molecular complexity index is 716. The number of guanidine groups is 1. The highest BCUT2D eigenvalue weighted by Crippen LogP contribution is 2.13. The van der Waals surface area contributed by atoms with Crippen molar-refractivity contribution in [3.8, 4) is 0 Å². The van der Waals surface area contributed by atoms with Crippen molar-refractivity contribution in [2.45, 2.75) is 45.7 Å². The Labute approximate surface area is 166 Å². The number of likely N-dealkylation sites (tertiary alicyclic amines) is 1. The van der Waals surface area contributed by atoms with Gasteiger partial charge in [0.15, 0.2) is 5.96 Å². The summed E-state index contributed by atoms with van der Waals surface area (Å²) in [6.45, 7) is 7.32. The summed E-state index contributed by atoms with van der Waals surface area (Å²) in [5.74, 6) is 0.835. The molecule has 2 heterocycles. The van der Waals surface area contributed by atoms with E-state index in [0.717, 1.165) is 44.1 Å². The summed E-state index contributed by atoms with van der Waals surface area (Å²) in [5, 5.41) is 10.1. The summed E-state index contributed by atoms with van der Waals surface area (Å²) >= 11 is 1.74. The molecule has 27 heavy (non-hydrogen) atoms. The second-order valence-corrected chi connectivity index (χ2v) is 7.93. The fraction of sp³-hybridized carbons (Fsp3) is 0.524. The quantitative estimate of drug-likeness (QED) is 0.541. The van der Waals surface area contributed by atoms with Crippen molar-refractivity contribution in [3.63, 3.8) is 0 Å². The van der Waals surface area contributed by atoms with Gasteiger partial charge in [0.2, 0.25) is 0 Å². The maximum atomic E-state index is 4.60. The Morgan fingerprint density at radius 1 is 1.15 bits per heavy atom. The van der Waals surface area contributed by atoms with E-state index in [4.69, 9.17) is 0 Å². The minimum absolute atomic E-state index is 0.778. The minimum atomic E-state index is 0.778. The van der Waals surface area contributed by atoms with Crippen LogP contribution in [-0.4, -0.2) is 42.5 Å². The lowest BCUT2D eigenvalue weighted by molar-refractivity contribution is 0.331. The molecule has 0 atom stereocenters. The van der Waals surface area contributed by atoms with E-state index in [9.17, 15) is 0 Å². The fourth-order valence-electron chi connectivity index (χ4n) is 3.30. The number of hydrogen-bond acceptors (Lipinski definition) is 4. The Morgan fingerprint density at radius 2 is 1.89 bits per heavy atom. The summed E-state index contributed by atoms with van der Waals surface area (Å²) in [5.41, 5.74) is 3.83. The van der Waals surface area contributed by atoms with Gasteiger partial charge < -0.3 is 10.6 Å². The maximum Gasteiger partial charge on any atom is 0.191 e. The lowest BCUT2D eigenvalue weighted by atomic mass is 10.1. The zero-order chi connectivity index (χ0) is 18.9. The van der Waals surface area contributed by atoms with Crippen LogP contribution in [-0.2, 0) is 25.9 Å². The number of benzene rings is 1. The molecule has 1 aromatic carbocycles. The molecule has 3 rings (SSSR count). The summed E-state index contributed by atoms with van der Waals surface area (Å²) in [4.78, 5) is 11.4. The normalized spacial score (nSPS) is 15.3. The van der Waals surface area contributed by atoms with Gasteiger partial charge in [0, 0.05) is 38.5 Å². The van der Waals surface area contributed by atoms with Gasteiger partial charge in [-0.3, -0.25) is 9.89 Å². The summed E-state index contributed by atoms with van der Waals surface area (Å²) in [7, 11) is 1.81. The van der Waals surface area contributed by atoms with Crippen molar-refractivity contribution < 1.29 is 0 Å². The third-order valence-corrected chi connectivity index (χ3v) is 5.93. The van der Waals surface area contributed by atoms with Crippen LogP contribution in [0.25, 0.3) is 0 Å². The molecule has 0 spiro atoms. The van der Waals surface area contributed by atoms with Crippen molar-refractivity contribution in [3.05, 3.63) is 51.5 Å². The van der Waals surface area contributed by atoms with Crippen LogP contribution in [0, 0.1) is 0 Å². The van der Waals surface area contributed by atoms with Gasteiger partial charge in [-0.2, -0.15) is 0 Å². The Morgan fingerprint density at radius 3 is 2.56 bits per heavy atom. The van der Waals surface area contributed by atoms with Crippen LogP contribution in [0.15, 0.2) is 34.6 Å². The zero-order valence-electron chi connectivity index (χ0n) is 16.5. The molecule has 146 valence electrons. The van der Waals surface area contributed by atoms with Crippen LogP contribution in [0.1, 0.15) is 41.6 Å². The third kappa shape index (κ3) is 6.33. The predicted octanol–water partition coefficient (Wildman–Crippen LogP) is 3.21. The molecule has 1 aliphatic rings. The third-order valence-electron chi connectivity index (χ3n) is 4.89. The first-order valence-electron chi connectivity index (χ1n) is 9.95. The standard InChI is InChI=1S/C21H31N5S/c1-3-20-25-19(16-27-20)10-11-23-21(22-2)24-14-17-6-8-18(9-7-17)15-26-12-4-5-13-26/h6-9,16H,3-5,10-15H2,1-2H3,(H2,22,23,24). The highest BCUT2D eigenvalue weighted by molar-refractivity contribution is 7.09. The van der Waals surface area contributed by atoms with Crippen LogP contribution < -0.4 is 10.6 Å². The van der Waals surface area contributed by atoms with Gasteiger partial charge in [-0.1, -0.05) is 31.2 Å². The number of aryl methyl sites for hydroxylation is 1. The average Bonchev–Trinajstić information content (AvgIpc) is 3.37. The highest BCUT2D eigenvalue weighted by Gasteiger charge is 2.11. The first-order valence-corrected chi connectivity index (χ1v) is 10.8. The van der Waals surface area contributed by atoms with Crippen LogP contribution in [0.2, 0.25) is 0 Å². The van der Waals surface area contributed by atoms with Gasteiger partial charge in [0.25, 0.3) is 0 Å². The number of thiazole rings is 1. The molecule has 2 aromatic rings. The largest absolute Gasteiger partial charge is 0.356 e. The monoisotopic (exact) mass is 385 g/mol. The summed E-state index contributed by atoms with van der Waals surface area (Å²) in [6, 6.07) is 8.93. The SMILES string of the molecule is CCc1nc(CCNC(=NC)NCc2ccc(CN3CCCC3)cc2)cs1. The van der Waals surface area contributed by atoms with Crippen molar-refractivity contribution in [1.82, 2.24) is 20.5 Å². The van der Waals surface area contributed by atoms with Gasteiger partial charge in [-0.25, -0.2) is 4.98 Å². The van der Waals surface area contributed by atoms with Gasteiger partial charge in [0.05, 0.1) is 10.7 Å². The van der Waals surface area contributed by atoms with E-state index < -0.39 is 0 Å². The highest BCUT2D eigenvalue weighted by atomic mass is 32.1. The molecule has 1 fully saturated rings. The van der Waals surface area contributed by atoms with E-state index in [1.807, 2.05) is 7.05 Å². The molecule has 0 amide bonds. The smallest absolute Gasteiger partial charge is 0.191 e. The average molecular weight is 386 g/mol. The molecule has 0 saturated carbocycles. The predicted molar refractivity (Wildman–Crippen MR) is 114 cm³/mol.